The number of hydrogen-bond donors (Lipinski definition) is 2. The van der Waals surface area contributed by atoms with Crippen molar-refractivity contribution in [3.05, 3.63) is 18.2 Å². The predicted molar refractivity (Wildman–Crippen MR) is 79.6 cm³/mol. The number of carbonyl (C=O) groups is 1. The molecule has 2 N–H and O–H groups in total. The zero-order chi connectivity index (χ0) is 15.2. The van der Waals surface area contributed by atoms with Crippen molar-refractivity contribution < 1.29 is 17.9 Å². The maximum absolute atomic E-state index is 11.9. The van der Waals surface area contributed by atoms with Crippen LogP contribution >= 0.6 is 0 Å². The van der Waals surface area contributed by atoms with Crippen LogP contribution in [-0.4, -0.2) is 27.2 Å². The van der Waals surface area contributed by atoms with E-state index < -0.39 is 10.0 Å². The molecule has 0 aliphatic rings. The summed E-state index contributed by atoms with van der Waals surface area (Å²) < 4.78 is 31.4. The van der Waals surface area contributed by atoms with Crippen LogP contribution in [0.2, 0.25) is 0 Å². The summed E-state index contributed by atoms with van der Waals surface area (Å²) >= 11 is 0. The first kappa shape index (κ1) is 16.3. The molecule has 7 heteroatoms. The van der Waals surface area contributed by atoms with Gasteiger partial charge in [0.25, 0.3) is 0 Å². The van der Waals surface area contributed by atoms with Crippen LogP contribution in [0.15, 0.2) is 18.2 Å². The zero-order valence-corrected chi connectivity index (χ0v) is 12.7. The lowest BCUT2D eigenvalue weighted by atomic mass is 10.2. The molecular weight excluding hydrogens is 280 g/mol. The minimum Gasteiger partial charge on any atom is -0.495 e. The Morgan fingerprint density at radius 3 is 2.60 bits per heavy atom. The minimum absolute atomic E-state index is 0.0526. The molecule has 0 spiro atoms. The molecule has 0 saturated carbocycles. The monoisotopic (exact) mass is 300 g/mol. The molecule has 1 aromatic carbocycles. The summed E-state index contributed by atoms with van der Waals surface area (Å²) in [6, 6.07) is 4.77. The second kappa shape index (κ2) is 7.14. The van der Waals surface area contributed by atoms with Crippen molar-refractivity contribution in [1.29, 1.82) is 0 Å². The summed E-state index contributed by atoms with van der Waals surface area (Å²) in [5.41, 5.74) is 0.821. The first-order chi connectivity index (χ1) is 9.38. The largest absolute Gasteiger partial charge is 0.495 e. The Labute approximate surface area is 119 Å². The molecule has 1 aromatic rings. The van der Waals surface area contributed by atoms with Gasteiger partial charge in [-0.3, -0.25) is 9.52 Å². The molecule has 1 rings (SSSR count). The Bertz CT molecular complexity index is 570. The zero-order valence-electron chi connectivity index (χ0n) is 11.9. The third-order valence-electron chi connectivity index (χ3n) is 2.55. The number of unbranched alkanes of at least 4 members (excludes halogenated alkanes) is 1. The number of rotatable bonds is 7. The maximum atomic E-state index is 11.9. The van der Waals surface area contributed by atoms with Crippen LogP contribution < -0.4 is 14.8 Å². The Kier molecular flexibility index (Phi) is 5.82. The second-order valence-electron chi connectivity index (χ2n) is 4.37. The van der Waals surface area contributed by atoms with Crippen LogP contribution in [0.4, 0.5) is 11.4 Å². The number of anilines is 2. The number of nitrogens with one attached hydrogen (secondary N) is 2. The number of amides is 1. The standard InChI is InChI=1S/C13H20N2O4S/c1-4-5-8-20(17,18)15-12-9-11(14-10(2)16)6-7-13(12)19-3/h6-7,9,15H,4-5,8H2,1-3H3,(H,14,16). The number of sulfonamides is 1. The number of ether oxygens (including phenoxy) is 1. The summed E-state index contributed by atoms with van der Waals surface area (Å²) in [6.45, 7) is 3.31. The van der Waals surface area contributed by atoms with E-state index in [0.29, 0.717) is 23.5 Å². The molecule has 20 heavy (non-hydrogen) atoms. The number of carbonyl (C=O) groups excluding carboxylic acids is 1. The Hall–Kier alpha value is -1.76. The lowest BCUT2D eigenvalue weighted by molar-refractivity contribution is -0.114. The highest BCUT2D eigenvalue weighted by molar-refractivity contribution is 7.92. The van der Waals surface area contributed by atoms with Gasteiger partial charge in [-0.05, 0) is 24.6 Å². The lowest BCUT2D eigenvalue weighted by Crippen LogP contribution is -2.17. The van der Waals surface area contributed by atoms with Crippen LogP contribution in [0.5, 0.6) is 5.75 Å². The third kappa shape index (κ3) is 5.08. The van der Waals surface area contributed by atoms with Gasteiger partial charge >= 0.3 is 0 Å². The number of benzene rings is 1. The van der Waals surface area contributed by atoms with E-state index in [4.69, 9.17) is 4.74 Å². The molecule has 0 atom stereocenters. The average molecular weight is 300 g/mol. The molecule has 112 valence electrons. The minimum atomic E-state index is -3.42. The van der Waals surface area contributed by atoms with Crippen molar-refractivity contribution in [3.63, 3.8) is 0 Å². The predicted octanol–water partition coefficient (Wildman–Crippen LogP) is 2.20. The smallest absolute Gasteiger partial charge is 0.232 e. The quantitative estimate of drug-likeness (QED) is 0.808. The van der Waals surface area contributed by atoms with E-state index in [9.17, 15) is 13.2 Å². The van der Waals surface area contributed by atoms with Crippen molar-refractivity contribution in [3.8, 4) is 5.75 Å². The van der Waals surface area contributed by atoms with Crippen LogP contribution in [0.25, 0.3) is 0 Å². The van der Waals surface area contributed by atoms with Gasteiger partial charge in [-0.15, -0.1) is 0 Å². The van der Waals surface area contributed by atoms with Crippen LogP contribution in [0.1, 0.15) is 26.7 Å². The fourth-order valence-electron chi connectivity index (χ4n) is 1.62. The van der Waals surface area contributed by atoms with E-state index >= 15 is 0 Å². The van der Waals surface area contributed by atoms with Crippen molar-refractivity contribution in [2.45, 2.75) is 26.7 Å². The van der Waals surface area contributed by atoms with Crippen molar-refractivity contribution in [2.75, 3.05) is 22.9 Å². The highest BCUT2D eigenvalue weighted by Crippen LogP contribution is 2.28. The van der Waals surface area contributed by atoms with Gasteiger partial charge in [0.2, 0.25) is 15.9 Å². The molecular formula is C13H20N2O4S. The molecule has 0 fully saturated rings. The molecule has 0 saturated heterocycles. The van der Waals surface area contributed by atoms with Gasteiger partial charge in [0.05, 0.1) is 18.6 Å². The third-order valence-corrected chi connectivity index (χ3v) is 3.91. The molecule has 0 bridgehead atoms. The van der Waals surface area contributed by atoms with Crippen molar-refractivity contribution >= 4 is 27.3 Å². The topological polar surface area (TPSA) is 84.5 Å². The molecule has 0 aliphatic heterocycles. The van der Waals surface area contributed by atoms with Crippen molar-refractivity contribution in [2.24, 2.45) is 0 Å². The van der Waals surface area contributed by atoms with Gasteiger partial charge in [0.1, 0.15) is 5.75 Å². The average Bonchev–Trinajstić information content (AvgIpc) is 2.35. The molecule has 0 aliphatic carbocycles. The van der Waals surface area contributed by atoms with E-state index in [2.05, 4.69) is 10.0 Å². The Morgan fingerprint density at radius 2 is 2.05 bits per heavy atom. The maximum Gasteiger partial charge on any atom is 0.232 e. The van der Waals surface area contributed by atoms with Gasteiger partial charge in [-0.2, -0.15) is 0 Å². The summed E-state index contributed by atoms with van der Waals surface area (Å²) in [4.78, 5) is 11.0. The Morgan fingerprint density at radius 1 is 1.35 bits per heavy atom. The van der Waals surface area contributed by atoms with E-state index in [1.807, 2.05) is 6.92 Å². The van der Waals surface area contributed by atoms with E-state index in [0.717, 1.165) is 6.42 Å². The number of hydrogen-bond acceptors (Lipinski definition) is 4. The van der Waals surface area contributed by atoms with Crippen LogP contribution in [-0.2, 0) is 14.8 Å². The first-order valence-corrected chi connectivity index (χ1v) is 7.99. The lowest BCUT2D eigenvalue weighted by Gasteiger charge is -2.13. The van der Waals surface area contributed by atoms with Gasteiger partial charge in [-0.1, -0.05) is 13.3 Å². The van der Waals surface area contributed by atoms with Gasteiger partial charge < -0.3 is 10.1 Å². The Balaban J connectivity index is 2.99. The summed E-state index contributed by atoms with van der Waals surface area (Å²) in [5.74, 6) is 0.228. The fourth-order valence-corrected chi connectivity index (χ4v) is 2.89. The molecule has 0 unspecified atom stereocenters. The van der Waals surface area contributed by atoms with Crippen LogP contribution in [0.3, 0.4) is 0 Å². The van der Waals surface area contributed by atoms with E-state index in [1.165, 1.54) is 20.1 Å². The fraction of sp³-hybridized carbons (Fsp3) is 0.462. The van der Waals surface area contributed by atoms with Crippen molar-refractivity contribution in [1.82, 2.24) is 0 Å². The first-order valence-electron chi connectivity index (χ1n) is 6.34. The SMILES string of the molecule is CCCCS(=O)(=O)Nc1cc(NC(C)=O)ccc1OC. The van der Waals surface area contributed by atoms with E-state index in [1.54, 1.807) is 12.1 Å². The molecule has 0 heterocycles. The summed E-state index contributed by atoms with van der Waals surface area (Å²) in [7, 11) is -1.96. The van der Waals surface area contributed by atoms with E-state index in [-0.39, 0.29) is 11.7 Å². The normalized spacial score (nSPS) is 10.9. The molecule has 1 amide bonds. The van der Waals surface area contributed by atoms with Gasteiger partial charge in [0.15, 0.2) is 0 Å². The van der Waals surface area contributed by atoms with Crippen LogP contribution in [0, 0.1) is 0 Å². The highest BCUT2D eigenvalue weighted by Gasteiger charge is 2.13. The van der Waals surface area contributed by atoms with Gasteiger partial charge in [-0.25, -0.2) is 8.42 Å². The molecule has 6 nitrogen and oxygen atoms in total. The second-order valence-corrected chi connectivity index (χ2v) is 6.21. The highest BCUT2D eigenvalue weighted by atomic mass is 32.2. The molecule has 0 radical (unpaired) electrons. The molecule has 0 aromatic heterocycles. The summed E-state index contributed by atoms with van der Waals surface area (Å²) in [6.07, 6.45) is 1.38. The summed E-state index contributed by atoms with van der Waals surface area (Å²) in [5, 5.41) is 2.60. The van der Waals surface area contributed by atoms with Gasteiger partial charge in [0, 0.05) is 12.6 Å². The number of methoxy groups -OCH3 is 1.